The maximum atomic E-state index is 13.6. The van der Waals surface area contributed by atoms with Crippen LogP contribution in [0.5, 0.6) is 0 Å². The standard InChI is InChI=1S/C30H31F2N3O3/c1-3-19-7-6-8-20(11-19)16-35(18-28(36)26(33)14-21-12-22(31)15-23(32)13-21)30(38)29(37)25-17-34(2)27-10-5-4-9-24(25)27/h4-13,15,17,26,28,36H,3,14,16,18,33H2,1-2H3/t26-,28+/m0/s1. The quantitative estimate of drug-likeness (QED) is 0.243. The first-order valence-electron chi connectivity index (χ1n) is 12.5. The molecule has 1 amide bonds. The first-order chi connectivity index (χ1) is 18.2. The number of aryl methyl sites for hydroxylation is 2. The summed E-state index contributed by atoms with van der Waals surface area (Å²) in [5.74, 6) is -2.95. The molecule has 0 radical (unpaired) electrons. The molecule has 4 aromatic rings. The lowest BCUT2D eigenvalue weighted by atomic mass is 10.0. The van der Waals surface area contributed by atoms with E-state index < -0.39 is 35.5 Å². The summed E-state index contributed by atoms with van der Waals surface area (Å²) in [5, 5.41) is 11.6. The van der Waals surface area contributed by atoms with Crippen molar-refractivity contribution in [1.29, 1.82) is 0 Å². The molecule has 0 saturated heterocycles. The summed E-state index contributed by atoms with van der Waals surface area (Å²) in [6.45, 7) is 1.87. The number of para-hydroxylation sites is 1. The highest BCUT2D eigenvalue weighted by atomic mass is 19.1. The number of benzene rings is 3. The summed E-state index contributed by atoms with van der Waals surface area (Å²) < 4.78 is 29.0. The number of hydrogen-bond donors (Lipinski definition) is 2. The lowest BCUT2D eigenvalue weighted by molar-refractivity contribution is -0.128. The average Bonchev–Trinajstić information content (AvgIpc) is 3.23. The van der Waals surface area contributed by atoms with E-state index in [-0.39, 0.29) is 30.6 Å². The van der Waals surface area contributed by atoms with Crippen molar-refractivity contribution in [3.05, 3.63) is 107 Å². The zero-order valence-corrected chi connectivity index (χ0v) is 21.4. The third-order valence-corrected chi connectivity index (χ3v) is 6.69. The van der Waals surface area contributed by atoms with E-state index in [9.17, 15) is 23.5 Å². The van der Waals surface area contributed by atoms with Crippen molar-refractivity contribution in [2.45, 2.75) is 38.5 Å². The minimum absolute atomic E-state index is 0.0134. The molecule has 0 spiro atoms. The Labute approximate surface area is 220 Å². The van der Waals surface area contributed by atoms with Crippen molar-refractivity contribution >= 4 is 22.6 Å². The molecule has 0 aliphatic rings. The van der Waals surface area contributed by atoms with E-state index in [4.69, 9.17) is 5.73 Å². The second-order valence-electron chi connectivity index (χ2n) is 9.57. The lowest BCUT2D eigenvalue weighted by Gasteiger charge is -2.28. The first kappa shape index (κ1) is 27.2. The van der Waals surface area contributed by atoms with Crippen LogP contribution in [-0.2, 0) is 31.2 Å². The highest BCUT2D eigenvalue weighted by molar-refractivity contribution is 6.44. The Balaban J connectivity index is 1.60. The summed E-state index contributed by atoms with van der Waals surface area (Å²) in [5.41, 5.74) is 9.43. The Morgan fingerprint density at radius 2 is 1.66 bits per heavy atom. The van der Waals surface area contributed by atoms with Crippen LogP contribution in [0.25, 0.3) is 10.9 Å². The number of carbonyl (C=O) groups excluding carboxylic acids is 2. The molecule has 3 aromatic carbocycles. The monoisotopic (exact) mass is 519 g/mol. The van der Waals surface area contributed by atoms with Crippen LogP contribution >= 0.6 is 0 Å². The first-order valence-corrected chi connectivity index (χ1v) is 12.5. The van der Waals surface area contributed by atoms with Gasteiger partial charge in [0.15, 0.2) is 0 Å². The van der Waals surface area contributed by atoms with Crippen LogP contribution in [-0.4, -0.2) is 45.0 Å². The Bertz CT molecular complexity index is 1450. The number of nitrogens with zero attached hydrogens (tertiary/aromatic N) is 2. The number of halogens is 2. The summed E-state index contributed by atoms with van der Waals surface area (Å²) in [6, 6.07) is 17.1. The van der Waals surface area contributed by atoms with Gasteiger partial charge in [0.2, 0.25) is 0 Å². The van der Waals surface area contributed by atoms with Gasteiger partial charge in [0, 0.05) is 49.3 Å². The number of rotatable bonds is 10. The van der Waals surface area contributed by atoms with E-state index in [0.29, 0.717) is 5.39 Å². The van der Waals surface area contributed by atoms with Gasteiger partial charge in [-0.2, -0.15) is 0 Å². The minimum atomic E-state index is -1.25. The Hall–Kier alpha value is -3.88. The molecular formula is C30H31F2N3O3. The molecule has 4 rings (SSSR count). The number of amides is 1. The molecule has 1 heterocycles. The third kappa shape index (κ3) is 6.15. The van der Waals surface area contributed by atoms with E-state index in [1.807, 2.05) is 43.3 Å². The predicted molar refractivity (Wildman–Crippen MR) is 143 cm³/mol. The molecule has 0 bridgehead atoms. The summed E-state index contributed by atoms with van der Waals surface area (Å²) in [6.07, 6.45) is 1.16. The Kier molecular flexibility index (Phi) is 8.34. The van der Waals surface area contributed by atoms with E-state index in [1.54, 1.807) is 29.9 Å². The molecule has 3 N–H and O–H groups in total. The molecule has 8 heteroatoms. The number of Topliss-reactive ketones (excluding diaryl/α,β-unsaturated/α-hetero) is 1. The van der Waals surface area contributed by atoms with Gasteiger partial charge in [-0.25, -0.2) is 8.78 Å². The molecule has 2 atom stereocenters. The van der Waals surface area contributed by atoms with Gasteiger partial charge in [-0.05, 0) is 47.7 Å². The molecule has 0 aliphatic heterocycles. The number of aliphatic hydroxyl groups is 1. The van der Waals surface area contributed by atoms with E-state index in [2.05, 4.69) is 0 Å². The van der Waals surface area contributed by atoms with Crippen molar-refractivity contribution in [3.8, 4) is 0 Å². The number of hydrogen-bond acceptors (Lipinski definition) is 4. The zero-order valence-electron chi connectivity index (χ0n) is 21.4. The lowest BCUT2D eigenvalue weighted by Crippen LogP contribution is -2.48. The predicted octanol–water partition coefficient (Wildman–Crippen LogP) is 4.16. The molecule has 6 nitrogen and oxygen atoms in total. The minimum Gasteiger partial charge on any atom is -0.390 e. The second-order valence-corrected chi connectivity index (χ2v) is 9.57. The molecule has 198 valence electrons. The fourth-order valence-corrected chi connectivity index (χ4v) is 4.67. The van der Waals surface area contributed by atoms with Gasteiger partial charge in [0.1, 0.15) is 11.6 Å². The number of aliphatic hydroxyl groups excluding tert-OH is 1. The van der Waals surface area contributed by atoms with Crippen LogP contribution < -0.4 is 5.73 Å². The molecular weight excluding hydrogens is 488 g/mol. The molecule has 38 heavy (non-hydrogen) atoms. The van der Waals surface area contributed by atoms with Crippen LogP contribution in [0.3, 0.4) is 0 Å². The van der Waals surface area contributed by atoms with Gasteiger partial charge in [-0.3, -0.25) is 9.59 Å². The summed E-state index contributed by atoms with van der Waals surface area (Å²) >= 11 is 0. The van der Waals surface area contributed by atoms with Gasteiger partial charge in [0.05, 0.1) is 11.7 Å². The number of ketones is 1. The summed E-state index contributed by atoms with van der Waals surface area (Å²) in [7, 11) is 1.80. The van der Waals surface area contributed by atoms with Gasteiger partial charge in [0.25, 0.3) is 11.7 Å². The Morgan fingerprint density at radius 1 is 0.974 bits per heavy atom. The van der Waals surface area contributed by atoms with Crippen molar-refractivity contribution < 1.29 is 23.5 Å². The number of fused-ring (bicyclic) bond motifs is 1. The summed E-state index contributed by atoms with van der Waals surface area (Å²) in [4.78, 5) is 28.3. The third-order valence-electron chi connectivity index (χ3n) is 6.69. The topological polar surface area (TPSA) is 88.6 Å². The molecule has 1 aromatic heterocycles. The highest BCUT2D eigenvalue weighted by Crippen LogP contribution is 2.22. The van der Waals surface area contributed by atoms with Crippen molar-refractivity contribution in [1.82, 2.24) is 9.47 Å². The van der Waals surface area contributed by atoms with E-state index >= 15 is 0 Å². The van der Waals surface area contributed by atoms with Crippen LogP contribution in [0.1, 0.15) is 34.0 Å². The maximum Gasteiger partial charge on any atom is 0.295 e. The van der Waals surface area contributed by atoms with Crippen molar-refractivity contribution in [3.63, 3.8) is 0 Å². The highest BCUT2D eigenvalue weighted by Gasteiger charge is 2.29. The molecule has 0 fully saturated rings. The van der Waals surface area contributed by atoms with Crippen molar-refractivity contribution in [2.75, 3.05) is 6.54 Å². The van der Waals surface area contributed by atoms with Crippen LogP contribution in [0.15, 0.2) is 72.9 Å². The van der Waals surface area contributed by atoms with Gasteiger partial charge >= 0.3 is 0 Å². The SMILES string of the molecule is CCc1cccc(CN(C[C@@H](O)[C@@H](N)Cc2cc(F)cc(F)c2)C(=O)C(=O)c2cn(C)c3ccccc23)c1. The number of nitrogens with two attached hydrogens (primary N) is 1. The maximum absolute atomic E-state index is 13.6. The fraction of sp³-hybridized carbons (Fsp3) is 0.267. The second kappa shape index (κ2) is 11.7. The Morgan fingerprint density at radius 3 is 2.37 bits per heavy atom. The normalized spacial score (nSPS) is 12.9. The van der Waals surface area contributed by atoms with Crippen molar-refractivity contribution in [2.24, 2.45) is 12.8 Å². The van der Waals surface area contributed by atoms with E-state index in [0.717, 1.165) is 41.3 Å². The van der Waals surface area contributed by atoms with E-state index in [1.165, 1.54) is 4.90 Å². The van der Waals surface area contributed by atoms with Gasteiger partial charge in [-0.1, -0.05) is 49.4 Å². The average molecular weight is 520 g/mol. The van der Waals surface area contributed by atoms with Crippen LogP contribution in [0, 0.1) is 11.6 Å². The molecule has 0 unspecified atom stereocenters. The number of aromatic nitrogens is 1. The largest absolute Gasteiger partial charge is 0.390 e. The van der Waals surface area contributed by atoms with Crippen LogP contribution in [0.2, 0.25) is 0 Å². The van der Waals surface area contributed by atoms with Crippen LogP contribution in [0.4, 0.5) is 8.78 Å². The molecule has 0 aliphatic carbocycles. The fourth-order valence-electron chi connectivity index (χ4n) is 4.67. The van der Waals surface area contributed by atoms with Gasteiger partial charge < -0.3 is 20.3 Å². The molecule has 0 saturated carbocycles. The smallest absolute Gasteiger partial charge is 0.295 e. The van der Waals surface area contributed by atoms with Gasteiger partial charge in [-0.15, -0.1) is 0 Å². The zero-order chi connectivity index (χ0) is 27.4. The number of carbonyl (C=O) groups is 2.